The molecule has 0 fully saturated rings. The minimum atomic E-state index is -0.457. The number of anilines is 1. The third kappa shape index (κ3) is 4.20. The molecule has 0 unspecified atom stereocenters. The molecule has 0 atom stereocenters. The lowest BCUT2D eigenvalue weighted by atomic mass is 9.95. The van der Waals surface area contributed by atoms with Crippen molar-refractivity contribution in [3.05, 3.63) is 70.3 Å². The Labute approximate surface area is 162 Å². The van der Waals surface area contributed by atoms with Crippen molar-refractivity contribution in [2.24, 2.45) is 5.41 Å². The minimum Gasteiger partial charge on any atom is -0.324 e. The fraction of sp³-hybridized carbons (Fsp3) is 0.182. The Morgan fingerprint density at radius 1 is 1.04 bits per heavy atom. The summed E-state index contributed by atoms with van der Waals surface area (Å²) >= 11 is 3.45. The first-order chi connectivity index (χ1) is 12.3. The monoisotopic (exact) mass is 408 g/mol. The molecule has 1 amide bonds. The summed E-state index contributed by atoms with van der Waals surface area (Å²) in [5.74, 6) is -0.0254. The zero-order valence-corrected chi connectivity index (χ0v) is 16.7. The second kappa shape index (κ2) is 7.42. The van der Waals surface area contributed by atoms with Crippen LogP contribution in [0, 0.1) is 5.41 Å². The first kappa shape index (κ1) is 18.3. The molecule has 0 saturated heterocycles. The maximum absolute atomic E-state index is 12.3. The van der Waals surface area contributed by atoms with Gasteiger partial charge in [-0.25, -0.2) is 0 Å². The number of nitrogens with one attached hydrogen (secondary N) is 1. The summed E-state index contributed by atoms with van der Waals surface area (Å²) in [4.78, 5) is 16.8. The van der Waals surface area contributed by atoms with Crippen LogP contribution < -0.4 is 5.32 Å². The highest BCUT2D eigenvalue weighted by atomic mass is 79.9. The molecule has 0 aliphatic carbocycles. The highest BCUT2D eigenvalue weighted by Crippen LogP contribution is 2.28. The molecular formula is C22H21BrN2O. The molecule has 0 radical (unpaired) electrons. The number of halogens is 1. The maximum atomic E-state index is 12.3. The van der Waals surface area contributed by atoms with Crippen LogP contribution in [-0.2, 0) is 4.79 Å². The van der Waals surface area contributed by atoms with Crippen LogP contribution in [0.3, 0.4) is 0 Å². The van der Waals surface area contributed by atoms with Gasteiger partial charge in [-0.15, -0.1) is 0 Å². The van der Waals surface area contributed by atoms with Gasteiger partial charge in [-0.1, -0.05) is 73.1 Å². The Hall–Kier alpha value is -2.46. The van der Waals surface area contributed by atoms with Crippen LogP contribution in [0.15, 0.2) is 59.2 Å². The number of hydrogen-bond donors (Lipinski definition) is 1. The van der Waals surface area contributed by atoms with Crippen molar-refractivity contribution in [1.29, 1.82) is 0 Å². The molecule has 1 heterocycles. The summed E-state index contributed by atoms with van der Waals surface area (Å²) in [5, 5.41) is 4.01. The molecule has 1 N–H and O–H groups in total. The van der Waals surface area contributed by atoms with E-state index in [0.29, 0.717) is 0 Å². The highest BCUT2D eigenvalue weighted by Gasteiger charge is 2.22. The third-order valence-electron chi connectivity index (χ3n) is 4.06. The largest absolute Gasteiger partial charge is 0.324 e. The van der Waals surface area contributed by atoms with Crippen LogP contribution >= 0.6 is 15.9 Å². The van der Waals surface area contributed by atoms with Crippen molar-refractivity contribution in [2.75, 3.05) is 5.32 Å². The number of carbonyl (C=O) groups excluding carboxylic acids is 1. The summed E-state index contributed by atoms with van der Waals surface area (Å²) < 4.78 is 1.06. The fourth-order valence-corrected chi connectivity index (χ4v) is 2.77. The standard InChI is InChI=1S/C22H21BrN2O/c1-22(2,3)21(26)25-19-13-10-16(18-5-4-14-24-20(18)19)9-6-15-7-11-17(23)12-8-15/h4-14H,1-3H3,(H,25,26). The van der Waals surface area contributed by atoms with Crippen LogP contribution in [0.2, 0.25) is 0 Å². The van der Waals surface area contributed by atoms with E-state index in [2.05, 4.69) is 50.5 Å². The molecule has 3 nitrogen and oxygen atoms in total. The van der Waals surface area contributed by atoms with E-state index >= 15 is 0 Å². The summed E-state index contributed by atoms with van der Waals surface area (Å²) in [6.07, 6.45) is 5.89. The predicted octanol–water partition coefficient (Wildman–Crippen LogP) is 6.15. The Balaban J connectivity index is 1.97. The van der Waals surface area contributed by atoms with E-state index in [0.717, 1.165) is 32.2 Å². The second-order valence-corrected chi connectivity index (χ2v) is 8.11. The average molecular weight is 409 g/mol. The number of rotatable bonds is 3. The topological polar surface area (TPSA) is 42.0 Å². The van der Waals surface area contributed by atoms with Gasteiger partial charge in [0, 0.05) is 21.5 Å². The molecule has 0 aliphatic rings. The van der Waals surface area contributed by atoms with Crippen molar-refractivity contribution in [3.63, 3.8) is 0 Å². The van der Waals surface area contributed by atoms with Gasteiger partial charge in [0.1, 0.15) is 0 Å². The number of fused-ring (bicyclic) bond motifs is 1. The van der Waals surface area contributed by atoms with Crippen LogP contribution in [0.25, 0.3) is 23.1 Å². The van der Waals surface area contributed by atoms with E-state index in [9.17, 15) is 4.79 Å². The first-order valence-electron chi connectivity index (χ1n) is 8.47. The number of pyridine rings is 1. The van der Waals surface area contributed by atoms with Gasteiger partial charge in [-0.3, -0.25) is 9.78 Å². The lowest BCUT2D eigenvalue weighted by Crippen LogP contribution is -2.27. The predicted molar refractivity (Wildman–Crippen MR) is 113 cm³/mol. The van der Waals surface area contributed by atoms with Crippen molar-refractivity contribution < 1.29 is 4.79 Å². The minimum absolute atomic E-state index is 0.0254. The molecule has 1 aromatic heterocycles. The highest BCUT2D eigenvalue weighted by molar-refractivity contribution is 9.10. The summed E-state index contributed by atoms with van der Waals surface area (Å²) in [5.41, 5.74) is 3.26. The number of hydrogen-bond acceptors (Lipinski definition) is 2. The van der Waals surface area contributed by atoms with Gasteiger partial charge in [-0.2, -0.15) is 0 Å². The number of benzene rings is 2. The SMILES string of the molecule is CC(C)(C)C(=O)Nc1ccc(C=Cc2ccc(Br)cc2)c2cccnc12. The molecular weight excluding hydrogens is 388 g/mol. The molecule has 2 aromatic carbocycles. The number of carbonyl (C=O) groups is 1. The lowest BCUT2D eigenvalue weighted by molar-refractivity contribution is -0.123. The number of amides is 1. The Bertz CT molecular complexity index is 970. The first-order valence-corrected chi connectivity index (χ1v) is 9.27. The summed E-state index contributed by atoms with van der Waals surface area (Å²) in [6, 6.07) is 16.0. The van der Waals surface area contributed by atoms with Gasteiger partial charge < -0.3 is 5.32 Å². The summed E-state index contributed by atoms with van der Waals surface area (Å²) in [7, 11) is 0. The van der Waals surface area contributed by atoms with Gasteiger partial charge in [-0.05, 0) is 35.4 Å². The van der Waals surface area contributed by atoms with Crippen molar-refractivity contribution in [2.45, 2.75) is 20.8 Å². The molecule has 4 heteroatoms. The Morgan fingerprint density at radius 3 is 2.46 bits per heavy atom. The van der Waals surface area contributed by atoms with E-state index in [1.54, 1.807) is 6.20 Å². The fourth-order valence-electron chi connectivity index (χ4n) is 2.51. The van der Waals surface area contributed by atoms with Gasteiger partial charge in [0.2, 0.25) is 5.91 Å². The van der Waals surface area contributed by atoms with Gasteiger partial charge in [0.15, 0.2) is 0 Å². The normalized spacial score (nSPS) is 11.8. The van der Waals surface area contributed by atoms with Crippen LogP contribution in [0.4, 0.5) is 5.69 Å². The molecule has 3 rings (SSSR count). The quantitative estimate of drug-likeness (QED) is 0.527. The van der Waals surface area contributed by atoms with E-state index in [1.807, 2.05) is 57.2 Å². The van der Waals surface area contributed by atoms with E-state index in [1.165, 1.54) is 0 Å². The van der Waals surface area contributed by atoms with Crippen LogP contribution in [-0.4, -0.2) is 10.9 Å². The van der Waals surface area contributed by atoms with E-state index in [4.69, 9.17) is 0 Å². The average Bonchev–Trinajstić information content (AvgIpc) is 2.61. The number of nitrogens with zero attached hydrogens (tertiary/aromatic N) is 1. The molecule has 3 aromatic rings. The van der Waals surface area contributed by atoms with Gasteiger partial charge in [0.25, 0.3) is 0 Å². The zero-order chi connectivity index (χ0) is 18.7. The van der Waals surface area contributed by atoms with Crippen LogP contribution in [0.1, 0.15) is 31.9 Å². The lowest BCUT2D eigenvalue weighted by Gasteiger charge is -2.18. The van der Waals surface area contributed by atoms with Crippen LogP contribution in [0.5, 0.6) is 0 Å². The Morgan fingerprint density at radius 2 is 1.77 bits per heavy atom. The Kier molecular flexibility index (Phi) is 5.23. The van der Waals surface area contributed by atoms with Gasteiger partial charge in [0.05, 0.1) is 11.2 Å². The maximum Gasteiger partial charge on any atom is 0.229 e. The van der Waals surface area contributed by atoms with E-state index < -0.39 is 5.41 Å². The molecule has 0 aliphatic heterocycles. The third-order valence-corrected chi connectivity index (χ3v) is 4.59. The van der Waals surface area contributed by atoms with Crippen molar-refractivity contribution >= 4 is 50.6 Å². The zero-order valence-electron chi connectivity index (χ0n) is 15.1. The molecule has 0 spiro atoms. The summed E-state index contributed by atoms with van der Waals surface area (Å²) in [6.45, 7) is 5.69. The second-order valence-electron chi connectivity index (χ2n) is 7.19. The van der Waals surface area contributed by atoms with Crippen molar-refractivity contribution in [1.82, 2.24) is 4.98 Å². The molecule has 0 saturated carbocycles. The smallest absolute Gasteiger partial charge is 0.229 e. The molecule has 132 valence electrons. The van der Waals surface area contributed by atoms with E-state index in [-0.39, 0.29) is 5.91 Å². The van der Waals surface area contributed by atoms with Crippen molar-refractivity contribution in [3.8, 4) is 0 Å². The number of aromatic nitrogens is 1. The molecule has 0 bridgehead atoms. The molecule has 26 heavy (non-hydrogen) atoms. The van der Waals surface area contributed by atoms with Gasteiger partial charge >= 0.3 is 0 Å².